The summed E-state index contributed by atoms with van der Waals surface area (Å²) in [6.07, 6.45) is -9.31. The number of sulfonamides is 1. The van der Waals surface area contributed by atoms with Gasteiger partial charge in [0.2, 0.25) is 0 Å². The molecule has 7 N–H and O–H groups in total. The Labute approximate surface area is 404 Å². The number of esters is 1. The van der Waals surface area contributed by atoms with Gasteiger partial charge in [0.25, 0.3) is 10.0 Å². The van der Waals surface area contributed by atoms with Crippen molar-refractivity contribution in [2.45, 2.75) is 203 Å². The molecule has 18 atom stereocenters. The maximum Gasteiger partial charge on any atom is 0.328 e. The number of likely N-dealkylation sites (N-methyl/N-ethyl adjacent to an activating group) is 1. The van der Waals surface area contributed by atoms with E-state index in [2.05, 4.69) is 5.32 Å². The first-order valence-corrected chi connectivity index (χ1v) is 25.6. The summed E-state index contributed by atoms with van der Waals surface area (Å²) in [6.45, 7) is 19.4. The number of hydrogen-bond donors (Lipinski definition) is 7. The van der Waals surface area contributed by atoms with Gasteiger partial charge >= 0.3 is 12.0 Å². The fraction of sp³-hybridized carbons (Fsp3) is 0.833. The number of methoxy groups -OCH3 is 1. The van der Waals surface area contributed by atoms with Crippen molar-refractivity contribution in [2.75, 3.05) is 40.8 Å². The van der Waals surface area contributed by atoms with Crippen molar-refractivity contribution in [3.8, 4) is 0 Å². The topological polar surface area (TPSA) is 255 Å². The first-order valence-electron chi connectivity index (χ1n) is 24.1. The molecular formula is C48H84N4O15S. The van der Waals surface area contributed by atoms with Crippen LogP contribution in [0.3, 0.4) is 0 Å². The highest BCUT2D eigenvalue weighted by molar-refractivity contribution is 7.90. The van der Waals surface area contributed by atoms with Crippen LogP contribution in [0.4, 0.5) is 4.79 Å². The van der Waals surface area contributed by atoms with Crippen molar-refractivity contribution < 1.29 is 72.0 Å². The van der Waals surface area contributed by atoms with Crippen LogP contribution in [0.2, 0.25) is 0 Å². The Bertz CT molecular complexity index is 1890. The lowest BCUT2D eigenvalue weighted by molar-refractivity contribution is -0.318. The lowest BCUT2D eigenvalue weighted by atomic mass is 9.77. The predicted molar refractivity (Wildman–Crippen MR) is 253 cm³/mol. The van der Waals surface area contributed by atoms with E-state index in [1.807, 2.05) is 49.4 Å². The summed E-state index contributed by atoms with van der Waals surface area (Å²) in [7, 11) is 1.06. The number of nitrogens with one attached hydrogen (secondary N) is 2. The number of ether oxygens (including phenoxy) is 6. The van der Waals surface area contributed by atoms with Crippen molar-refractivity contribution >= 4 is 22.0 Å². The number of rotatable bonds is 13. The standard InChI is InChI=1S/C48H84N4O15S/c1-15-36-48(11,59)40(54)32(7)52(22-16-21-49-45(57)50-68(60,61)34-19-17-27(2)18-20-34)26-28(3)24-46(9,58)42(67-44-38(53)35(51(12)13)23-29(4)63-44)30(5)39(31(6)43(56)65-36)66-37-25-47(10,62-14)41(55)33(8)64-37/h17-20,28-33,35-42,44,53-55,58-59H,15-16,21-26H2,1-14H3,(H2,49,50,57)/t28-,29-,30+,31-,32-,33+,35+,36-,37+,38-,39+,40-,41+,42-,44+,46-,47-,48-/m1/s1. The maximum atomic E-state index is 14.5. The van der Waals surface area contributed by atoms with Crippen LogP contribution in [0.25, 0.3) is 0 Å². The molecule has 0 aliphatic carbocycles. The molecule has 0 unspecified atom stereocenters. The van der Waals surface area contributed by atoms with Crippen LogP contribution in [0, 0.1) is 24.7 Å². The molecule has 3 heterocycles. The molecule has 0 radical (unpaired) electrons. The van der Waals surface area contributed by atoms with Crippen molar-refractivity contribution in [1.29, 1.82) is 0 Å². The molecule has 392 valence electrons. The largest absolute Gasteiger partial charge is 0.459 e. The molecule has 68 heavy (non-hydrogen) atoms. The third kappa shape index (κ3) is 14.1. The van der Waals surface area contributed by atoms with Gasteiger partial charge in [-0.2, -0.15) is 0 Å². The predicted octanol–water partition coefficient (Wildman–Crippen LogP) is 2.66. The van der Waals surface area contributed by atoms with Gasteiger partial charge < -0.3 is 64.2 Å². The Balaban J connectivity index is 1.72. The number of carbonyl (C=O) groups excluding carboxylic acids is 2. The van der Waals surface area contributed by atoms with Crippen molar-refractivity contribution in [3.05, 3.63) is 29.8 Å². The van der Waals surface area contributed by atoms with E-state index in [0.29, 0.717) is 6.42 Å². The number of benzene rings is 1. The van der Waals surface area contributed by atoms with Crippen molar-refractivity contribution in [3.63, 3.8) is 0 Å². The zero-order valence-electron chi connectivity index (χ0n) is 42.7. The van der Waals surface area contributed by atoms with Gasteiger partial charge in [-0.05, 0) is 113 Å². The van der Waals surface area contributed by atoms with Crippen LogP contribution in [-0.2, 0) is 43.2 Å². The second-order valence-corrected chi connectivity index (χ2v) is 22.4. The molecule has 3 aliphatic heterocycles. The number of aliphatic hydroxyl groups excluding tert-OH is 3. The molecule has 0 aromatic heterocycles. The fourth-order valence-electron chi connectivity index (χ4n) is 10.3. The average molecular weight is 989 g/mol. The van der Waals surface area contributed by atoms with Crippen LogP contribution in [-0.4, -0.2) is 187 Å². The number of aliphatic hydroxyl groups is 5. The number of hydrogen-bond acceptors (Lipinski definition) is 17. The van der Waals surface area contributed by atoms with Gasteiger partial charge in [0.15, 0.2) is 12.6 Å². The van der Waals surface area contributed by atoms with Crippen molar-refractivity contribution in [2.24, 2.45) is 17.8 Å². The molecule has 3 aliphatic rings. The highest BCUT2D eigenvalue weighted by atomic mass is 32.2. The molecule has 0 saturated carbocycles. The molecule has 2 amide bonds. The van der Waals surface area contributed by atoms with E-state index in [1.165, 1.54) is 26.2 Å². The zero-order chi connectivity index (χ0) is 51.3. The second-order valence-electron chi connectivity index (χ2n) is 20.7. The van der Waals surface area contributed by atoms with E-state index in [0.717, 1.165) is 5.56 Å². The van der Waals surface area contributed by atoms with E-state index >= 15 is 0 Å². The van der Waals surface area contributed by atoms with Gasteiger partial charge in [-0.15, -0.1) is 0 Å². The third-order valence-corrected chi connectivity index (χ3v) is 15.8. The molecule has 1 aromatic rings. The zero-order valence-corrected chi connectivity index (χ0v) is 43.6. The van der Waals surface area contributed by atoms with Gasteiger partial charge in [-0.3, -0.25) is 9.69 Å². The highest BCUT2D eigenvalue weighted by Gasteiger charge is 2.53. The van der Waals surface area contributed by atoms with E-state index in [1.54, 1.807) is 60.6 Å². The number of cyclic esters (lactones) is 1. The van der Waals surface area contributed by atoms with E-state index in [9.17, 15) is 43.5 Å². The smallest absolute Gasteiger partial charge is 0.328 e. The first kappa shape index (κ1) is 58.0. The Morgan fingerprint density at radius 2 is 1.59 bits per heavy atom. The summed E-state index contributed by atoms with van der Waals surface area (Å²) >= 11 is 0. The summed E-state index contributed by atoms with van der Waals surface area (Å²) in [5, 5.41) is 62.4. The van der Waals surface area contributed by atoms with Crippen LogP contribution in [0.15, 0.2) is 29.2 Å². The lowest BCUT2D eigenvalue weighted by Crippen LogP contribution is -2.60. The number of nitrogens with zero attached hydrogens (tertiary/aromatic N) is 2. The summed E-state index contributed by atoms with van der Waals surface area (Å²) < 4.78 is 65.6. The number of carbonyl (C=O) groups is 2. The summed E-state index contributed by atoms with van der Waals surface area (Å²) in [6, 6.07) is 4.03. The molecule has 4 rings (SSSR count). The minimum atomic E-state index is -4.13. The van der Waals surface area contributed by atoms with Gasteiger partial charge in [0, 0.05) is 51.2 Å². The number of urea groups is 1. The van der Waals surface area contributed by atoms with Gasteiger partial charge in [-0.1, -0.05) is 38.5 Å². The highest BCUT2D eigenvalue weighted by Crippen LogP contribution is 2.40. The van der Waals surface area contributed by atoms with E-state index < -0.39 is 112 Å². The molecule has 1 aromatic carbocycles. The molecule has 3 saturated heterocycles. The summed E-state index contributed by atoms with van der Waals surface area (Å²) in [5.41, 5.74) is -3.93. The van der Waals surface area contributed by atoms with Gasteiger partial charge in [0.1, 0.15) is 30.0 Å². The Morgan fingerprint density at radius 3 is 2.18 bits per heavy atom. The van der Waals surface area contributed by atoms with Crippen molar-refractivity contribution in [1.82, 2.24) is 19.8 Å². The summed E-state index contributed by atoms with van der Waals surface area (Å²) in [5.74, 6) is -3.08. The third-order valence-electron chi connectivity index (χ3n) is 14.5. The molecule has 3 fully saturated rings. The SMILES string of the molecule is CC[C@H]1OC(=O)[C@H](C)[C@@H](O[C@H]2C[C@@](C)(OC)[C@@H](O)[C@H](C)O2)[C@H](C)[C@@H](O[C@@H]2O[C@H](C)C[C@H](N(C)C)[C@H]2O)[C@](C)(O)C[C@@H](C)CN(CCCNC(=O)NS(=O)(=O)c2ccc(C)cc2)[C@H](C)[C@@H](O)[C@]1(C)O. The molecule has 19 nitrogen and oxygen atoms in total. The normalized spacial score (nSPS) is 40.8. The van der Waals surface area contributed by atoms with Gasteiger partial charge in [0.05, 0.1) is 46.4 Å². The molecular weight excluding hydrogens is 905 g/mol. The van der Waals surface area contributed by atoms with Gasteiger partial charge in [-0.25, -0.2) is 17.9 Å². The van der Waals surface area contributed by atoms with E-state index in [4.69, 9.17) is 28.4 Å². The number of amides is 2. The lowest BCUT2D eigenvalue weighted by Gasteiger charge is -2.48. The van der Waals surface area contributed by atoms with E-state index in [-0.39, 0.29) is 68.3 Å². The van der Waals surface area contributed by atoms with Crippen LogP contribution >= 0.6 is 0 Å². The average Bonchev–Trinajstić information content (AvgIpc) is 3.25. The van der Waals surface area contributed by atoms with Crippen LogP contribution < -0.4 is 10.0 Å². The van der Waals surface area contributed by atoms with Crippen LogP contribution in [0.1, 0.15) is 107 Å². The number of aryl methyl sites for hydroxylation is 1. The first-order chi connectivity index (χ1) is 31.5. The molecule has 20 heteroatoms. The Hall–Kier alpha value is -2.57. The Kier molecular flexibility index (Phi) is 20.3. The molecule has 0 spiro atoms. The quantitative estimate of drug-likeness (QED) is 0.111. The Morgan fingerprint density at radius 1 is 0.956 bits per heavy atom. The second kappa shape index (κ2) is 23.8. The minimum absolute atomic E-state index is 0.0427. The minimum Gasteiger partial charge on any atom is -0.459 e. The monoisotopic (exact) mass is 989 g/mol. The molecule has 0 bridgehead atoms. The maximum absolute atomic E-state index is 14.5. The summed E-state index contributed by atoms with van der Waals surface area (Å²) in [4.78, 5) is 31.1. The van der Waals surface area contributed by atoms with Crippen LogP contribution in [0.5, 0.6) is 0 Å². The fourth-order valence-corrected chi connectivity index (χ4v) is 11.2.